The van der Waals surface area contributed by atoms with Gasteiger partial charge in [0.15, 0.2) is 0 Å². The van der Waals surface area contributed by atoms with Crippen LogP contribution < -0.4 is 5.32 Å². The van der Waals surface area contributed by atoms with Gasteiger partial charge in [-0.25, -0.2) is 9.18 Å². The van der Waals surface area contributed by atoms with E-state index in [0.29, 0.717) is 0 Å². The monoisotopic (exact) mass is 307 g/mol. The number of benzene rings is 1. The highest BCUT2D eigenvalue weighted by Gasteiger charge is 2.20. The van der Waals surface area contributed by atoms with E-state index in [2.05, 4.69) is 17.1 Å². The maximum Gasteiger partial charge on any atom is 0.317 e. The van der Waals surface area contributed by atoms with Crippen molar-refractivity contribution in [2.45, 2.75) is 32.7 Å². The summed E-state index contributed by atoms with van der Waals surface area (Å²) < 4.78 is 12.9. The fourth-order valence-corrected chi connectivity index (χ4v) is 2.64. The van der Waals surface area contributed by atoms with Crippen molar-refractivity contribution in [2.75, 3.05) is 32.7 Å². The molecule has 0 radical (unpaired) electrons. The van der Waals surface area contributed by atoms with Gasteiger partial charge in [-0.2, -0.15) is 0 Å². The number of hydrogen-bond donors (Lipinski definition) is 1. The summed E-state index contributed by atoms with van der Waals surface area (Å²) in [4.78, 5) is 16.2. The Labute approximate surface area is 132 Å². The van der Waals surface area contributed by atoms with Crippen molar-refractivity contribution in [2.24, 2.45) is 0 Å². The topological polar surface area (TPSA) is 35.6 Å². The lowest BCUT2D eigenvalue weighted by molar-refractivity contribution is 0.135. The van der Waals surface area contributed by atoms with Gasteiger partial charge in [0.2, 0.25) is 0 Å². The number of amides is 2. The van der Waals surface area contributed by atoms with Gasteiger partial charge in [-0.15, -0.1) is 0 Å². The van der Waals surface area contributed by atoms with Crippen molar-refractivity contribution in [1.82, 2.24) is 15.1 Å². The minimum Gasteiger partial charge on any atom is -0.338 e. The molecule has 0 aromatic heterocycles. The average Bonchev–Trinajstić information content (AvgIpc) is 2.54. The first-order chi connectivity index (χ1) is 10.7. The first-order valence-electron chi connectivity index (χ1n) is 8.18. The smallest absolute Gasteiger partial charge is 0.317 e. The first-order valence-corrected chi connectivity index (χ1v) is 8.18. The molecule has 2 amide bonds. The van der Waals surface area contributed by atoms with Gasteiger partial charge < -0.3 is 10.2 Å². The summed E-state index contributed by atoms with van der Waals surface area (Å²) >= 11 is 0. The molecule has 1 N–H and O–H groups in total. The number of nitrogens with one attached hydrogen (secondary N) is 1. The maximum atomic E-state index is 12.9. The molecule has 5 heteroatoms. The van der Waals surface area contributed by atoms with E-state index in [-0.39, 0.29) is 11.8 Å². The van der Waals surface area contributed by atoms with E-state index in [0.717, 1.165) is 64.1 Å². The Balaban J connectivity index is 1.68. The summed E-state index contributed by atoms with van der Waals surface area (Å²) in [5, 5.41) is 2.98. The third-order valence-electron chi connectivity index (χ3n) is 4.04. The van der Waals surface area contributed by atoms with E-state index >= 15 is 0 Å². The van der Waals surface area contributed by atoms with E-state index in [1.54, 1.807) is 0 Å². The second-order valence-corrected chi connectivity index (χ2v) is 5.83. The van der Waals surface area contributed by atoms with Gasteiger partial charge in [-0.3, -0.25) is 4.90 Å². The number of nitrogens with zero attached hydrogens (tertiary/aromatic N) is 2. The third kappa shape index (κ3) is 5.30. The summed E-state index contributed by atoms with van der Waals surface area (Å²) in [6.07, 6.45) is 3.37. The quantitative estimate of drug-likeness (QED) is 0.820. The number of unbranched alkanes of at least 4 members (excludes halogenated alkanes) is 2. The van der Waals surface area contributed by atoms with Gasteiger partial charge in [0.1, 0.15) is 5.82 Å². The predicted molar refractivity (Wildman–Crippen MR) is 86.2 cm³/mol. The van der Waals surface area contributed by atoms with Crippen LogP contribution in [0.5, 0.6) is 0 Å². The Morgan fingerprint density at radius 1 is 1.14 bits per heavy atom. The van der Waals surface area contributed by atoms with Gasteiger partial charge in [-0.1, -0.05) is 31.9 Å². The van der Waals surface area contributed by atoms with Crippen LogP contribution in [0.4, 0.5) is 9.18 Å². The lowest BCUT2D eigenvalue weighted by atomic mass is 10.2. The van der Waals surface area contributed by atoms with Crippen LogP contribution in [0.15, 0.2) is 24.3 Å². The van der Waals surface area contributed by atoms with Gasteiger partial charge in [0, 0.05) is 39.3 Å². The molecule has 0 saturated carbocycles. The highest BCUT2D eigenvalue weighted by atomic mass is 19.1. The number of piperazine rings is 1. The molecule has 4 nitrogen and oxygen atoms in total. The van der Waals surface area contributed by atoms with Crippen LogP contribution in [-0.2, 0) is 6.54 Å². The maximum absolute atomic E-state index is 12.9. The van der Waals surface area contributed by atoms with Crippen LogP contribution in [0.2, 0.25) is 0 Å². The predicted octanol–water partition coefficient (Wildman–Crippen LogP) is 2.84. The Bertz CT molecular complexity index is 455. The number of rotatable bonds is 6. The highest BCUT2D eigenvalue weighted by molar-refractivity contribution is 5.74. The first kappa shape index (κ1) is 16.7. The number of carbonyl (C=O) groups is 1. The average molecular weight is 307 g/mol. The second-order valence-electron chi connectivity index (χ2n) is 5.83. The molecule has 1 heterocycles. The molecule has 0 aliphatic carbocycles. The van der Waals surface area contributed by atoms with Gasteiger partial charge >= 0.3 is 6.03 Å². The summed E-state index contributed by atoms with van der Waals surface area (Å²) in [5.74, 6) is -0.201. The largest absolute Gasteiger partial charge is 0.338 e. The molecule has 0 unspecified atom stereocenters. The molecule has 22 heavy (non-hydrogen) atoms. The van der Waals surface area contributed by atoms with Crippen LogP contribution in [0, 0.1) is 5.82 Å². The van der Waals surface area contributed by atoms with Crippen molar-refractivity contribution in [1.29, 1.82) is 0 Å². The SMILES string of the molecule is CCCCCNC(=O)N1CCN(Cc2ccc(F)cc2)CC1. The van der Waals surface area contributed by atoms with E-state index in [4.69, 9.17) is 0 Å². The Kier molecular flexibility index (Phi) is 6.65. The zero-order chi connectivity index (χ0) is 15.8. The van der Waals surface area contributed by atoms with Crippen molar-refractivity contribution < 1.29 is 9.18 Å². The molecular formula is C17H26FN3O. The van der Waals surface area contributed by atoms with Crippen molar-refractivity contribution in [3.8, 4) is 0 Å². The molecule has 1 aliphatic heterocycles. The zero-order valence-corrected chi connectivity index (χ0v) is 13.4. The summed E-state index contributed by atoms with van der Waals surface area (Å²) in [5.41, 5.74) is 1.11. The summed E-state index contributed by atoms with van der Waals surface area (Å²) in [6.45, 7) is 6.96. The van der Waals surface area contributed by atoms with E-state index in [9.17, 15) is 9.18 Å². The van der Waals surface area contributed by atoms with Gasteiger partial charge in [0.05, 0.1) is 0 Å². The molecule has 1 aromatic rings. The van der Waals surface area contributed by atoms with Crippen LogP contribution in [0.25, 0.3) is 0 Å². The van der Waals surface area contributed by atoms with E-state index in [1.165, 1.54) is 12.1 Å². The summed E-state index contributed by atoms with van der Waals surface area (Å²) in [6, 6.07) is 6.69. The fraction of sp³-hybridized carbons (Fsp3) is 0.588. The Morgan fingerprint density at radius 3 is 2.45 bits per heavy atom. The van der Waals surface area contributed by atoms with Crippen molar-refractivity contribution >= 4 is 6.03 Å². The van der Waals surface area contributed by atoms with Crippen LogP contribution in [0.1, 0.15) is 31.7 Å². The Hall–Kier alpha value is -1.62. The molecule has 2 rings (SSSR count). The minimum atomic E-state index is -0.201. The van der Waals surface area contributed by atoms with E-state index < -0.39 is 0 Å². The highest BCUT2D eigenvalue weighted by Crippen LogP contribution is 2.09. The molecule has 1 aliphatic rings. The number of halogens is 1. The van der Waals surface area contributed by atoms with Crippen LogP contribution in [0.3, 0.4) is 0 Å². The number of urea groups is 1. The third-order valence-corrected chi connectivity index (χ3v) is 4.04. The molecule has 1 aromatic carbocycles. The molecule has 1 fully saturated rings. The molecule has 0 bridgehead atoms. The van der Waals surface area contributed by atoms with Gasteiger partial charge in [0.25, 0.3) is 0 Å². The second kappa shape index (κ2) is 8.73. The van der Waals surface area contributed by atoms with Crippen molar-refractivity contribution in [3.05, 3.63) is 35.6 Å². The number of hydrogen-bond acceptors (Lipinski definition) is 2. The standard InChI is InChI=1S/C17H26FN3O/c1-2-3-4-9-19-17(22)21-12-10-20(11-13-21)14-15-5-7-16(18)8-6-15/h5-8H,2-4,9-14H2,1H3,(H,19,22). The number of carbonyl (C=O) groups excluding carboxylic acids is 1. The zero-order valence-electron chi connectivity index (χ0n) is 13.4. The van der Waals surface area contributed by atoms with Crippen LogP contribution in [-0.4, -0.2) is 48.6 Å². The Morgan fingerprint density at radius 2 is 1.82 bits per heavy atom. The molecule has 0 spiro atoms. The fourth-order valence-electron chi connectivity index (χ4n) is 2.64. The molecule has 0 atom stereocenters. The molecular weight excluding hydrogens is 281 g/mol. The van der Waals surface area contributed by atoms with Gasteiger partial charge in [-0.05, 0) is 24.1 Å². The van der Waals surface area contributed by atoms with E-state index in [1.807, 2.05) is 17.0 Å². The summed E-state index contributed by atoms with van der Waals surface area (Å²) in [7, 11) is 0. The normalized spacial score (nSPS) is 15.8. The molecule has 122 valence electrons. The lowest BCUT2D eigenvalue weighted by Gasteiger charge is -2.34. The lowest BCUT2D eigenvalue weighted by Crippen LogP contribution is -2.51. The minimum absolute atomic E-state index is 0.0533. The van der Waals surface area contributed by atoms with Crippen LogP contribution >= 0.6 is 0 Å². The van der Waals surface area contributed by atoms with Crippen molar-refractivity contribution in [3.63, 3.8) is 0 Å². The molecule has 1 saturated heterocycles.